The Morgan fingerprint density at radius 1 is 1.11 bits per heavy atom. The monoisotopic (exact) mass is 376 g/mol. The van der Waals surface area contributed by atoms with Gasteiger partial charge in [-0.05, 0) is 35.0 Å². The van der Waals surface area contributed by atoms with Crippen LogP contribution in [0.15, 0.2) is 76.2 Å². The van der Waals surface area contributed by atoms with E-state index in [9.17, 15) is 9.90 Å². The molecule has 0 aliphatic rings. The van der Waals surface area contributed by atoms with Gasteiger partial charge in [0, 0.05) is 11.8 Å². The Kier molecular flexibility index (Phi) is 4.33. The van der Waals surface area contributed by atoms with Crippen molar-refractivity contribution in [3.05, 3.63) is 66.9 Å². The van der Waals surface area contributed by atoms with Crippen LogP contribution >= 0.6 is 12.6 Å². The van der Waals surface area contributed by atoms with Gasteiger partial charge in [-0.15, -0.1) is 12.6 Å². The number of rotatable bonds is 3. The first-order valence-electron chi connectivity index (χ1n) is 8.31. The van der Waals surface area contributed by atoms with Crippen LogP contribution in [0.3, 0.4) is 0 Å². The van der Waals surface area contributed by atoms with Crippen LogP contribution < -0.4 is 4.90 Å². The number of oxazole rings is 1. The molecule has 0 saturated heterocycles. The van der Waals surface area contributed by atoms with Crippen LogP contribution in [0, 0.1) is 0 Å². The van der Waals surface area contributed by atoms with Crippen molar-refractivity contribution in [2.75, 3.05) is 4.90 Å². The third-order valence-electron chi connectivity index (χ3n) is 4.24. The van der Waals surface area contributed by atoms with Crippen LogP contribution in [0.5, 0.6) is 5.75 Å². The summed E-state index contributed by atoms with van der Waals surface area (Å²) in [6.45, 7) is 1.45. The standard InChI is InChI=1S/C21H16N2O3S/c1-13(24)23(15-6-4-7-16(27)11-15)19-12-22-21(26-19)20-17-8-3-2-5-14(17)9-10-18(20)25/h2-12,25,27H,1H3. The van der Waals surface area contributed by atoms with Gasteiger partial charge < -0.3 is 9.52 Å². The van der Waals surface area contributed by atoms with Gasteiger partial charge >= 0.3 is 0 Å². The predicted octanol–water partition coefficient (Wildman–Crippen LogP) is 5.17. The number of hydrogen-bond acceptors (Lipinski definition) is 5. The molecule has 0 atom stereocenters. The van der Waals surface area contributed by atoms with Crippen LogP contribution in [-0.2, 0) is 4.79 Å². The van der Waals surface area contributed by atoms with Crippen LogP contribution in [-0.4, -0.2) is 16.0 Å². The van der Waals surface area contributed by atoms with E-state index in [2.05, 4.69) is 17.6 Å². The van der Waals surface area contributed by atoms with Crippen LogP contribution in [0.1, 0.15) is 6.92 Å². The number of hydrogen-bond donors (Lipinski definition) is 2. The molecular formula is C21H16N2O3S. The zero-order valence-corrected chi connectivity index (χ0v) is 15.4. The highest BCUT2D eigenvalue weighted by atomic mass is 32.1. The Bertz CT molecular complexity index is 1150. The molecule has 1 N–H and O–H groups in total. The average Bonchev–Trinajstić information content (AvgIpc) is 3.10. The van der Waals surface area contributed by atoms with Gasteiger partial charge in [-0.1, -0.05) is 36.4 Å². The molecule has 0 bridgehead atoms. The lowest BCUT2D eigenvalue weighted by Crippen LogP contribution is -2.22. The van der Waals surface area contributed by atoms with Gasteiger partial charge in [0.25, 0.3) is 0 Å². The molecule has 0 fully saturated rings. The van der Waals surface area contributed by atoms with Gasteiger partial charge in [0.1, 0.15) is 5.75 Å². The molecule has 0 saturated carbocycles. The fourth-order valence-electron chi connectivity index (χ4n) is 3.07. The van der Waals surface area contributed by atoms with Crippen molar-refractivity contribution in [3.8, 4) is 17.2 Å². The summed E-state index contributed by atoms with van der Waals surface area (Å²) in [4.78, 5) is 18.7. The molecule has 27 heavy (non-hydrogen) atoms. The molecule has 0 unspecified atom stereocenters. The van der Waals surface area contributed by atoms with E-state index in [0.29, 0.717) is 11.3 Å². The number of amides is 1. The Labute approximate surface area is 161 Å². The summed E-state index contributed by atoms with van der Waals surface area (Å²) in [5.74, 6) is 0.351. The fourth-order valence-corrected chi connectivity index (χ4v) is 3.28. The van der Waals surface area contributed by atoms with Crippen molar-refractivity contribution >= 4 is 40.9 Å². The molecule has 134 valence electrons. The minimum Gasteiger partial charge on any atom is -0.507 e. The summed E-state index contributed by atoms with van der Waals surface area (Å²) in [5, 5.41) is 12.2. The highest BCUT2D eigenvalue weighted by Crippen LogP contribution is 2.38. The molecule has 4 rings (SSSR count). The van der Waals surface area contributed by atoms with Gasteiger partial charge in [-0.3, -0.25) is 4.79 Å². The number of aromatic nitrogens is 1. The number of carbonyl (C=O) groups is 1. The lowest BCUT2D eigenvalue weighted by Gasteiger charge is -2.18. The molecule has 4 aromatic rings. The minimum absolute atomic E-state index is 0.0637. The summed E-state index contributed by atoms with van der Waals surface area (Å²) in [5.41, 5.74) is 1.12. The van der Waals surface area contributed by atoms with Crippen LogP contribution in [0.25, 0.3) is 22.2 Å². The molecule has 1 heterocycles. The summed E-state index contributed by atoms with van der Waals surface area (Å²) >= 11 is 4.33. The maximum absolute atomic E-state index is 12.2. The number of aromatic hydroxyl groups is 1. The van der Waals surface area contributed by atoms with Crippen molar-refractivity contribution in [2.45, 2.75) is 11.8 Å². The van der Waals surface area contributed by atoms with Gasteiger partial charge in [-0.25, -0.2) is 9.88 Å². The number of anilines is 2. The van der Waals surface area contributed by atoms with Crippen LogP contribution in [0.2, 0.25) is 0 Å². The Morgan fingerprint density at radius 2 is 1.93 bits per heavy atom. The van der Waals surface area contributed by atoms with E-state index in [0.717, 1.165) is 15.7 Å². The molecular weight excluding hydrogens is 360 g/mol. The zero-order chi connectivity index (χ0) is 19.0. The van der Waals surface area contributed by atoms with Gasteiger partial charge in [0.15, 0.2) is 0 Å². The Hall–Kier alpha value is -3.25. The first-order chi connectivity index (χ1) is 13.0. The number of thiol groups is 1. The number of nitrogens with zero attached hydrogens (tertiary/aromatic N) is 2. The van der Waals surface area contributed by atoms with Crippen molar-refractivity contribution in [1.29, 1.82) is 0 Å². The molecule has 0 aliphatic carbocycles. The van der Waals surface area contributed by atoms with Crippen LogP contribution in [0.4, 0.5) is 11.6 Å². The molecule has 5 nitrogen and oxygen atoms in total. The first-order valence-corrected chi connectivity index (χ1v) is 8.76. The first kappa shape index (κ1) is 17.2. The second-order valence-electron chi connectivity index (χ2n) is 6.06. The number of phenols is 1. The zero-order valence-electron chi connectivity index (χ0n) is 14.5. The summed E-state index contributed by atoms with van der Waals surface area (Å²) < 4.78 is 5.89. The average molecular weight is 376 g/mol. The van der Waals surface area contributed by atoms with Gasteiger partial charge in [0.2, 0.25) is 17.7 Å². The van der Waals surface area contributed by atoms with E-state index in [-0.39, 0.29) is 23.4 Å². The van der Waals surface area contributed by atoms with Gasteiger partial charge in [-0.2, -0.15) is 0 Å². The molecule has 0 aliphatic heterocycles. The van der Waals surface area contributed by atoms with E-state index in [1.807, 2.05) is 36.4 Å². The number of benzene rings is 3. The fraction of sp³-hybridized carbons (Fsp3) is 0.0476. The maximum atomic E-state index is 12.2. The minimum atomic E-state index is -0.223. The number of carbonyl (C=O) groups excluding carboxylic acids is 1. The van der Waals surface area contributed by atoms with E-state index in [1.165, 1.54) is 18.0 Å². The third kappa shape index (κ3) is 3.15. The predicted molar refractivity (Wildman–Crippen MR) is 108 cm³/mol. The number of phenolic OH excluding ortho intramolecular Hbond substituents is 1. The highest BCUT2D eigenvalue weighted by Gasteiger charge is 2.21. The Balaban J connectivity index is 1.84. The summed E-state index contributed by atoms with van der Waals surface area (Å²) in [6, 6.07) is 18.3. The second-order valence-corrected chi connectivity index (χ2v) is 6.58. The smallest absolute Gasteiger partial charge is 0.233 e. The third-order valence-corrected chi connectivity index (χ3v) is 4.52. The molecule has 0 spiro atoms. The molecule has 0 radical (unpaired) electrons. The van der Waals surface area contributed by atoms with E-state index >= 15 is 0 Å². The van der Waals surface area contributed by atoms with E-state index in [1.54, 1.807) is 24.3 Å². The molecule has 1 amide bonds. The largest absolute Gasteiger partial charge is 0.507 e. The van der Waals surface area contributed by atoms with Crippen molar-refractivity contribution in [3.63, 3.8) is 0 Å². The SMILES string of the molecule is CC(=O)N(c1cccc(S)c1)c1cnc(-c2c(O)ccc3ccccc23)o1. The molecule has 3 aromatic carbocycles. The topological polar surface area (TPSA) is 66.6 Å². The lowest BCUT2D eigenvalue weighted by atomic mass is 10.0. The Morgan fingerprint density at radius 3 is 2.70 bits per heavy atom. The van der Waals surface area contributed by atoms with E-state index < -0.39 is 0 Å². The maximum Gasteiger partial charge on any atom is 0.233 e. The quantitative estimate of drug-likeness (QED) is 0.484. The summed E-state index contributed by atoms with van der Waals surface area (Å²) in [7, 11) is 0. The van der Waals surface area contributed by atoms with Crippen molar-refractivity contribution in [2.24, 2.45) is 0 Å². The molecule has 6 heteroatoms. The van der Waals surface area contributed by atoms with E-state index in [4.69, 9.17) is 4.42 Å². The second kappa shape index (κ2) is 6.81. The molecule has 1 aromatic heterocycles. The van der Waals surface area contributed by atoms with Crippen molar-refractivity contribution in [1.82, 2.24) is 4.98 Å². The summed E-state index contributed by atoms with van der Waals surface area (Å²) in [6.07, 6.45) is 1.48. The highest BCUT2D eigenvalue weighted by molar-refractivity contribution is 7.80. The normalized spacial score (nSPS) is 10.9. The number of fused-ring (bicyclic) bond motifs is 1. The van der Waals surface area contributed by atoms with Crippen molar-refractivity contribution < 1.29 is 14.3 Å². The lowest BCUT2D eigenvalue weighted by molar-refractivity contribution is -0.116. The van der Waals surface area contributed by atoms with Gasteiger partial charge in [0.05, 0.1) is 17.4 Å².